The van der Waals surface area contributed by atoms with Gasteiger partial charge in [-0.2, -0.15) is 0 Å². The molecule has 35 heavy (non-hydrogen) atoms. The lowest BCUT2D eigenvalue weighted by atomic mass is 9.85. The summed E-state index contributed by atoms with van der Waals surface area (Å²) in [5, 5.41) is 3.03. The van der Waals surface area contributed by atoms with Crippen molar-refractivity contribution in [3.05, 3.63) is 66.2 Å². The zero-order valence-electron chi connectivity index (χ0n) is 20.9. The average Bonchev–Trinajstić information content (AvgIpc) is 3.11. The van der Waals surface area contributed by atoms with Crippen molar-refractivity contribution in [2.45, 2.75) is 51.6 Å². The SMILES string of the molecule is CC(C)CC(=O)N1CCC2(CC1)C(=O)N(CC(=O)NC(C)c1ccccc1)CN2c1ccccc1. The minimum Gasteiger partial charge on any atom is -0.348 e. The maximum absolute atomic E-state index is 13.8. The molecule has 1 spiro atoms. The fraction of sp³-hybridized carbons (Fsp3) is 0.464. The van der Waals surface area contributed by atoms with Gasteiger partial charge in [0.25, 0.3) is 5.91 Å². The monoisotopic (exact) mass is 476 g/mol. The van der Waals surface area contributed by atoms with Crippen molar-refractivity contribution in [2.75, 3.05) is 31.2 Å². The topological polar surface area (TPSA) is 73.0 Å². The molecule has 2 aliphatic rings. The summed E-state index contributed by atoms with van der Waals surface area (Å²) in [5.41, 5.74) is 1.25. The number of hydrogen-bond acceptors (Lipinski definition) is 4. The van der Waals surface area contributed by atoms with E-state index in [9.17, 15) is 14.4 Å². The second-order valence-electron chi connectivity index (χ2n) is 10.1. The highest BCUT2D eigenvalue weighted by molar-refractivity contribution is 5.96. The molecule has 0 saturated carbocycles. The Balaban J connectivity index is 1.49. The van der Waals surface area contributed by atoms with E-state index in [1.165, 1.54) is 0 Å². The molecule has 0 aliphatic carbocycles. The quantitative estimate of drug-likeness (QED) is 0.663. The second kappa shape index (κ2) is 10.5. The first kappa shape index (κ1) is 24.8. The number of carbonyl (C=O) groups excluding carboxylic acids is 3. The molecule has 2 saturated heterocycles. The highest BCUT2D eigenvalue weighted by Crippen LogP contribution is 2.39. The van der Waals surface area contributed by atoms with E-state index in [2.05, 4.69) is 10.2 Å². The van der Waals surface area contributed by atoms with Crippen molar-refractivity contribution in [1.29, 1.82) is 0 Å². The number of para-hydroxylation sites is 1. The molecule has 3 amide bonds. The van der Waals surface area contributed by atoms with Crippen LogP contribution in [0.5, 0.6) is 0 Å². The van der Waals surface area contributed by atoms with E-state index < -0.39 is 5.54 Å². The molecule has 186 valence electrons. The highest BCUT2D eigenvalue weighted by Gasteiger charge is 2.54. The van der Waals surface area contributed by atoms with Gasteiger partial charge in [-0.3, -0.25) is 14.4 Å². The lowest BCUT2D eigenvalue weighted by Crippen LogP contribution is -2.57. The van der Waals surface area contributed by atoms with Crippen LogP contribution in [0.1, 0.15) is 51.6 Å². The van der Waals surface area contributed by atoms with E-state index in [-0.39, 0.29) is 30.3 Å². The Hall–Kier alpha value is -3.35. The number of hydrogen-bond donors (Lipinski definition) is 1. The van der Waals surface area contributed by atoms with E-state index in [1.54, 1.807) is 4.90 Å². The number of amides is 3. The maximum atomic E-state index is 13.8. The van der Waals surface area contributed by atoms with E-state index in [1.807, 2.05) is 86.3 Å². The van der Waals surface area contributed by atoms with Crippen molar-refractivity contribution in [1.82, 2.24) is 15.1 Å². The molecule has 1 unspecified atom stereocenters. The van der Waals surface area contributed by atoms with Gasteiger partial charge in [-0.15, -0.1) is 0 Å². The van der Waals surface area contributed by atoms with E-state index in [0.717, 1.165) is 11.3 Å². The van der Waals surface area contributed by atoms with Gasteiger partial charge in [0.05, 0.1) is 12.7 Å². The predicted molar refractivity (Wildman–Crippen MR) is 137 cm³/mol. The summed E-state index contributed by atoms with van der Waals surface area (Å²) in [6, 6.07) is 19.5. The van der Waals surface area contributed by atoms with Crippen LogP contribution in [-0.4, -0.2) is 59.4 Å². The van der Waals surface area contributed by atoms with Crippen molar-refractivity contribution in [3.8, 4) is 0 Å². The molecule has 4 rings (SSSR count). The molecule has 7 nitrogen and oxygen atoms in total. The van der Waals surface area contributed by atoms with Gasteiger partial charge in [-0.1, -0.05) is 62.4 Å². The van der Waals surface area contributed by atoms with Crippen LogP contribution in [0, 0.1) is 5.92 Å². The number of benzene rings is 2. The summed E-state index contributed by atoms with van der Waals surface area (Å²) in [4.78, 5) is 45.0. The van der Waals surface area contributed by atoms with Crippen molar-refractivity contribution < 1.29 is 14.4 Å². The zero-order valence-corrected chi connectivity index (χ0v) is 20.9. The first-order valence-corrected chi connectivity index (χ1v) is 12.5. The Morgan fingerprint density at radius 1 is 0.943 bits per heavy atom. The van der Waals surface area contributed by atoms with Gasteiger partial charge < -0.3 is 20.0 Å². The van der Waals surface area contributed by atoms with E-state index >= 15 is 0 Å². The zero-order chi connectivity index (χ0) is 25.0. The summed E-state index contributed by atoms with van der Waals surface area (Å²) in [7, 11) is 0. The van der Waals surface area contributed by atoms with Crippen molar-refractivity contribution >= 4 is 23.4 Å². The Morgan fingerprint density at radius 3 is 2.14 bits per heavy atom. The van der Waals surface area contributed by atoms with Gasteiger partial charge >= 0.3 is 0 Å². The van der Waals surface area contributed by atoms with Gasteiger partial charge in [-0.25, -0.2) is 0 Å². The molecule has 1 N–H and O–H groups in total. The summed E-state index contributed by atoms with van der Waals surface area (Å²) >= 11 is 0. The van der Waals surface area contributed by atoms with Gasteiger partial charge in [-0.05, 0) is 43.4 Å². The van der Waals surface area contributed by atoms with Crippen LogP contribution < -0.4 is 10.2 Å². The number of carbonyl (C=O) groups is 3. The van der Waals surface area contributed by atoms with Crippen LogP contribution in [0.4, 0.5) is 5.69 Å². The van der Waals surface area contributed by atoms with Crippen LogP contribution in [0.3, 0.4) is 0 Å². The highest BCUT2D eigenvalue weighted by atomic mass is 16.2. The number of likely N-dealkylation sites (tertiary alicyclic amines) is 1. The van der Waals surface area contributed by atoms with Crippen molar-refractivity contribution in [3.63, 3.8) is 0 Å². The number of rotatable bonds is 7. The Morgan fingerprint density at radius 2 is 1.54 bits per heavy atom. The predicted octanol–water partition coefficient (Wildman–Crippen LogP) is 3.58. The molecule has 2 aromatic rings. The molecule has 2 heterocycles. The summed E-state index contributed by atoms with van der Waals surface area (Å²) in [5.74, 6) is 0.251. The standard InChI is InChI=1S/C28H36N4O3/c1-21(2)18-26(34)30-16-14-28(15-17-30)27(35)31(20-32(28)24-12-8-5-9-13-24)19-25(33)29-22(3)23-10-6-4-7-11-23/h4-13,21-22H,14-20H2,1-3H3,(H,29,33). The number of anilines is 1. The first-order valence-electron chi connectivity index (χ1n) is 12.5. The van der Waals surface area contributed by atoms with E-state index in [4.69, 9.17) is 0 Å². The van der Waals surface area contributed by atoms with Crippen LogP contribution in [0.15, 0.2) is 60.7 Å². The van der Waals surface area contributed by atoms with Gasteiger partial charge in [0.1, 0.15) is 12.1 Å². The fourth-order valence-electron chi connectivity index (χ4n) is 5.21. The first-order chi connectivity index (χ1) is 16.8. The van der Waals surface area contributed by atoms with Crippen LogP contribution in [0.2, 0.25) is 0 Å². The molecule has 1 atom stereocenters. The summed E-state index contributed by atoms with van der Waals surface area (Å²) in [6.07, 6.45) is 1.64. The number of nitrogens with one attached hydrogen (secondary N) is 1. The number of piperidine rings is 1. The molecule has 2 aromatic carbocycles. The molecule has 2 aliphatic heterocycles. The summed E-state index contributed by atoms with van der Waals surface area (Å²) < 4.78 is 0. The van der Waals surface area contributed by atoms with Gasteiger partial charge in [0.15, 0.2) is 0 Å². The normalized spacial score (nSPS) is 18.3. The van der Waals surface area contributed by atoms with Crippen LogP contribution >= 0.6 is 0 Å². The van der Waals surface area contributed by atoms with Crippen molar-refractivity contribution in [2.24, 2.45) is 5.92 Å². The molecule has 0 bridgehead atoms. The smallest absolute Gasteiger partial charge is 0.250 e. The molecular weight excluding hydrogens is 440 g/mol. The van der Waals surface area contributed by atoms with Crippen LogP contribution in [-0.2, 0) is 14.4 Å². The summed E-state index contributed by atoms with van der Waals surface area (Å²) in [6.45, 7) is 7.50. The third kappa shape index (κ3) is 5.34. The Kier molecular flexibility index (Phi) is 7.43. The van der Waals surface area contributed by atoms with Crippen LogP contribution in [0.25, 0.3) is 0 Å². The Bertz CT molecular complexity index is 1030. The maximum Gasteiger partial charge on any atom is 0.250 e. The third-order valence-electron chi connectivity index (χ3n) is 7.12. The molecule has 7 heteroatoms. The fourth-order valence-corrected chi connectivity index (χ4v) is 5.21. The molecular formula is C28H36N4O3. The van der Waals surface area contributed by atoms with E-state index in [0.29, 0.717) is 44.9 Å². The number of nitrogens with zero attached hydrogens (tertiary/aromatic N) is 3. The largest absolute Gasteiger partial charge is 0.348 e. The van der Waals surface area contributed by atoms with Gasteiger partial charge in [0, 0.05) is 25.2 Å². The lowest BCUT2D eigenvalue weighted by Gasteiger charge is -2.43. The Labute approximate surface area is 208 Å². The minimum atomic E-state index is -0.735. The molecule has 2 fully saturated rings. The minimum absolute atomic E-state index is 0.0110. The lowest BCUT2D eigenvalue weighted by molar-refractivity contribution is -0.140. The van der Waals surface area contributed by atoms with Gasteiger partial charge in [0.2, 0.25) is 11.8 Å². The average molecular weight is 477 g/mol. The third-order valence-corrected chi connectivity index (χ3v) is 7.12. The molecule has 0 radical (unpaired) electrons. The molecule has 0 aromatic heterocycles. The second-order valence-corrected chi connectivity index (χ2v) is 10.1.